The molecule has 1 amide bonds. The molecular formula is C16H16FNO3. The van der Waals surface area contributed by atoms with Gasteiger partial charge in [-0.15, -0.1) is 0 Å². The highest BCUT2D eigenvalue weighted by Crippen LogP contribution is 2.21. The third-order valence-corrected chi connectivity index (χ3v) is 2.67. The Morgan fingerprint density at radius 2 is 2.00 bits per heavy atom. The third-order valence-electron chi connectivity index (χ3n) is 2.67. The van der Waals surface area contributed by atoms with E-state index in [4.69, 9.17) is 9.84 Å². The molecule has 2 aromatic carbocycles. The zero-order valence-electron chi connectivity index (χ0n) is 11.8. The average molecular weight is 289 g/mol. The van der Waals surface area contributed by atoms with Crippen LogP contribution in [0.2, 0.25) is 0 Å². The summed E-state index contributed by atoms with van der Waals surface area (Å²) in [4.78, 5) is 12.1. The van der Waals surface area contributed by atoms with Gasteiger partial charge in [0.05, 0.1) is 11.8 Å². The van der Waals surface area contributed by atoms with Gasteiger partial charge in [0.25, 0.3) is 5.91 Å². The summed E-state index contributed by atoms with van der Waals surface area (Å²) < 4.78 is 19.1. The Balaban J connectivity index is 2.16. The summed E-state index contributed by atoms with van der Waals surface area (Å²) in [6.45, 7) is 3.77. The average Bonchev–Trinajstić information content (AvgIpc) is 2.41. The molecular weight excluding hydrogens is 273 g/mol. The molecule has 0 radical (unpaired) electrons. The van der Waals surface area contributed by atoms with Gasteiger partial charge in [-0.3, -0.25) is 4.79 Å². The third kappa shape index (κ3) is 3.95. The van der Waals surface area contributed by atoms with Gasteiger partial charge in [0, 0.05) is 11.6 Å². The molecule has 5 heteroatoms. The molecule has 110 valence electrons. The Morgan fingerprint density at radius 3 is 2.67 bits per heavy atom. The zero-order chi connectivity index (χ0) is 15.4. The van der Waals surface area contributed by atoms with Crippen molar-refractivity contribution in [2.24, 2.45) is 0 Å². The topological polar surface area (TPSA) is 58.6 Å². The van der Waals surface area contributed by atoms with Crippen LogP contribution in [-0.4, -0.2) is 17.1 Å². The van der Waals surface area contributed by atoms with Crippen molar-refractivity contribution in [3.63, 3.8) is 0 Å². The number of aromatic hydroxyl groups is 1. The molecule has 0 aliphatic rings. The second-order valence-corrected chi connectivity index (χ2v) is 4.81. The van der Waals surface area contributed by atoms with Gasteiger partial charge in [0.2, 0.25) is 0 Å². The highest BCUT2D eigenvalue weighted by molar-refractivity contribution is 6.04. The SMILES string of the molecule is CC(C)Oc1cccc(C(=O)Nc2ccc(O)cc2F)c1. The minimum Gasteiger partial charge on any atom is -0.508 e. The quantitative estimate of drug-likeness (QED) is 0.846. The summed E-state index contributed by atoms with van der Waals surface area (Å²) in [6.07, 6.45) is -0.00199. The number of ether oxygens (including phenoxy) is 1. The summed E-state index contributed by atoms with van der Waals surface area (Å²) >= 11 is 0. The first-order chi connectivity index (χ1) is 9.95. The van der Waals surface area contributed by atoms with Crippen LogP contribution in [0.1, 0.15) is 24.2 Å². The van der Waals surface area contributed by atoms with E-state index in [1.54, 1.807) is 24.3 Å². The number of rotatable bonds is 4. The van der Waals surface area contributed by atoms with Crippen molar-refractivity contribution in [2.45, 2.75) is 20.0 Å². The number of hydrogen-bond acceptors (Lipinski definition) is 3. The van der Waals surface area contributed by atoms with Crippen LogP contribution in [0.15, 0.2) is 42.5 Å². The van der Waals surface area contributed by atoms with Crippen LogP contribution in [0.3, 0.4) is 0 Å². The minimum absolute atomic E-state index is 0.00199. The van der Waals surface area contributed by atoms with Crippen molar-refractivity contribution in [2.75, 3.05) is 5.32 Å². The van der Waals surface area contributed by atoms with E-state index < -0.39 is 11.7 Å². The van der Waals surface area contributed by atoms with Crippen LogP contribution < -0.4 is 10.1 Å². The lowest BCUT2D eigenvalue weighted by atomic mass is 10.2. The predicted molar refractivity (Wildman–Crippen MR) is 78.2 cm³/mol. The van der Waals surface area contributed by atoms with Crippen molar-refractivity contribution < 1.29 is 19.0 Å². The number of amides is 1. The molecule has 4 nitrogen and oxygen atoms in total. The van der Waals surface area contributed by atoms with E-state index in [-0.39, 0.29) is 17.5 Å². The molecule has 0 bridgehead atoms. The van der Waals surface area contributed by atoms with Crippen LogP contribution in [0.25, 0.3) is 0 Å². The Morgan fingerprint density at radius 1 is 1.24 bits per heavy atom. The molecule has 0 fully saturated rings. The first-order valence-electron chi connectivity index (χ1n) is 6.52. The van der Waals surface area contributed by atoms with Crippen LogP contribution >= 0.6 is 0 Å². The molecule has 21 heavy (non-hydrogen) atoms. The van der Waals surface area contributed by atoms with Crippen LogP contribution in [-0.2, 0) is 0 Å². The van der Waals surface area contributed by atoms with E-state index in [2.05, 4.69) is 5.32 Å². The minimum atomic E-state index is -0.696. The maximum absolute atomic E-state index is 13.6. The number of phenolic OH excluding ortho intramolecular Hbond substituents is 1. The van der Waals surface area contributed by atoms with Gasteiger partial charge in [0.1, 0.15) is 17.3 Å². The van der Waals surface area contributed by atoms with Gasteiger partial charge >= 0.3 is 0 Å². The number of anilines is 1. The number of halogens is 1. The molecule has 0 spiro atoms. The Kier molecular flexibility index (Phi) is 4.42. The largest absolute Gasteiger partial charge is 0.508 e. The standard InChI is InChI=1S/C16H16FNO3/c1-10(2)21-13-5-3-4-11(8-13)16(20)18-15-7-6-12(19)9-14(15)17/h3-10,19H,1-2H3,(H,18,20). The van der Waals surface area contributed by atoms with Gasteiger partial charge in [-0.2, -0.15) is 0 Å². The Bertz CT molecular complexity index is 656. The lowest BCUT2D eigenvalue weighted by molar-refractivity contribution is 0.102. The molecule has 0 heterocycles. The fourth-order valence-electron chi connectivity index (χ4n) is 1.78. The van der Waals surface area contributed by atoms with Crippen molar-refractivity contribution in [3.05, 3.63) is 53.8 Å². The summed E-state index contributed by atoms with van der Waals surface area (Å²) in [5.41, 5.74) is 0.369. The maximum atomic E-state index is 13.6. The van der Waals surface area contributed by atoms with Crippen LogP contribution in [0, 0.1) is 5.82 Å². The van der Waals surface area contributed by atoms with Crippen molar-refractivity contribution in [1.82, 2.24) is 0 Å². The van der Waals surface area contributed by atoms with E-state index in [1.165, 1.54) is 12.1 Å². The first kappa shape index (κ1) is 14.8. The second kappa shape index (κ2) is 6.26. The van der Waals surface area contributed by atoms with Gasteiger partial charge in [-0.05, 0) is 44.2 Å². The maximum Gasteiger partial charge on any atom is 0.255 e. The monoisotopic (exact) mass is 289 g/mol. The van der Waals surface area contributed by atoms with Crippen LogP contribution in [0.4, 0.5) is 10.1 Å². The Labute approximate surface area is 122 Å². The fourth-order valence-corrected chi connectivity index (χ4v) is 1.78. The number of benzene rings is 2. The van der Waals surface area contributed by atoms with Crippen LogP contribution in [0.5, 0.6) is 11.5 Å². The van der Waals surface area contributed by atoms with Gasteiger partial charge in [-0.1, -0.05) is 6.07 Å². The van der Waals surface area contributed by atoms with Gasteiger partial charge in [-0.25, -0.2) is 4.39 Å². The summed E-state index contributed by atoms with van der Waals surface area (Å²) in [7, 11) is 0. The highest BCUT2D eigenvalue weighted by Gasteiger charge is 2.11. The number of carbonyl (C=O) groups is 1. The molecule has 2 N–H and O–H groups in total. The van der Waals surface area contributed by atoms with E-state index in [0.29, 0.717) is 11.3 Å². The van der Waals surface area contributed by atoms with E-state index in [0.717, 1.165) is 6.07 Å². The fraction of sp³-hybridized carbons (Fsp3) is 0.188. The molecule has 2 aromatic rings. The molecule has 2 rings (SSSR count). The molecule has 0 unspecified atom stereocenters. The molecule has 0 aromatic heterocycles. The number of nitrogens with one attached hydrogen (secondary N) is 1. The Hall–Kier alpha value is -2.56. The first-order valence-corrected chi connectivity index (χ1v) is 6.52. The molecule has 0 aliphatic carbocycles. The van der Waals surface area contributed by atoms with E-state index in [9.17, 15) is 9.18 Å². The van der Waals surface area contributed by atoms with Gasteiger partial charge in [0.15, 0.2) is 0 Å². The lowest BCUT2D eigenvalue weighted by Gasteiger charge is -2.11. The van der Waals surface area contributed by atoms with E-state index >= 15 is 0 Å². The molecule has 0 saturated carbocycles. The second-order valence-electron chi connectivity index (χ2n) is 4.81. The summed E-state index contributed by atoms with van der Waals surface area (Å²) in [5, 5.41) is 11.6. The predicted octanol–water partition coefficient (Wildman–Crippen LogP) is 3.57. The van der Waals surface area contributed by atoms with Crippen molar-refractivity contribution in [1.29, 1.82) is 0 Å². The van der Waals surface area contributed by atoms with E-state index in [1.807, 2.05) is 13.8 Å². The lowest BCUT2D eigenvalue weighted by Crippen LogP contribution is -2.13. The molecule has 0 atom stereocenters. The van der Waals surface area contributed by atoms with Crippen molar-refractivity contribution >= 4 is 11.6 Å². The number of hydrogen-bond donors (Lipinski definition) is 2. The molecule has 0 aliphatic heterocycles. The number of phenols is 1. The summed E-state index contributed by atoms with van der Waals surface area (Å²) in [6, 6.07) is 10.2. The zero-order valence-corrected chi connectivity index (χ0v) is 11.8. The summed E-state index contributed by atoms with van der Waals surface area (Å²) in [5.74, 6) is -0.770. The molecule has 0 saturated heterocycles. The van der Waals surface area contributed by atoms with Gasteiger partial charge < -0.3 is 15.2 Å². The normalized spacial score (nSPS) is 10.5. The number of carbonyl (C=O) groups excluding carboxylic acids is 1. The highest BCUT2D eigenvalue weighted by atomic mass is 19.1. The smallest absolute Gasteiger partial charge is 0.255 e. The van der Waals surface area contributed by atoms with Crippen molar-refractivity contribution in [3.8, 4) is 11.5 Å².